The van der Waals surface area contributed by atoms with E-state index >= 15 is 0 Å². The number of nitrogens with one attached hydrogen (secondary N) is 2. The van der Waals surface area contributed by atoms with Gasteiger partial charge in [0.05, 0.1) is 12.1 Å². The lowest BCUT2D eigenvalue weighted by Crippen LogP contribution is -2.37. The van der Waals surface area contributed by atoms with Crippen molar-refractivity contribution in [3.05, 3.63) is 83.9 Å². The van der Waals surface area contributed by atoms with E-state index in [0.29, 0.717) is 11.6 Å². The average Bonchev–Trinajstić information content (AvgIpc) is 2.81. The Balaban J connectivity index is 1.58. The van der Waals surface area contributed by atoms with Crippen molar-refractivity contribution in [1.29, 1.82) is 0 Å². The van der Waals surface area contributed by atoms with Crippen LogP contribution in [-0.2, 0) is 20.8 Å². The fraction of sp³-hybridized carbons (Fsp3) is 0.174. The first-order valence-corrected chi connectivity index (χ1v) is 12.5. The van der Waals surface area contributed by atoms with Crippen LogP contribution in [0.1, 0.15) is 15.9 Å². The summed E-state index contributed by atoms with van der Waals surface area (Å²) in [5.41, 5.74) is 1.17. The van der Waals surface area contributed by atoms with Gasteiger partial charge in [0, 0.05) is 23.1 Å². The van der Waals surface area contributed by atoms with Crippen molar-refractivity contribution in [3.63, 3.8) is 0 Å². The van der Waals surface area contributed by atoms with Gasteiger partial charge in [-0.25, -0.2) is 0 Å². The number of carbonyl (C=O) groups is 1. The summed E-state index contributed by atoms with van der Waals surface area (Å²) in [5, 5.41) is 2.61. The minimum Gasteiger partial charge on any atom is -0.593 e. The predicted molar refractivity (Wildman–Crippen MR) is 123 cm³/mol. The molecule has 0 aliphatic rings. The fourth-order valence-corrected chi connectivity index (χ4v) is 4.50. The fourth-order valence-electron chi connectivity index (χ4n) is 3.01. The summed E-state index contributed by atoms with van der Waals surface area (Å²) in [6, 6.07) is 18.4. The Bertz CT molecular complexity index is 1170. The Morgan fingerprint density at radius 3 is 2.33 bits per heavy atom. The number of hydrogen-bond donors (Lipinski definition) is 2. The second kappa shape index (κ2) is 10.5. The summed E-state index contributed by atoms with van der Waals surface area (Å²) in [7, 11) is -4.16. The summed E-state index contributed by atoms with van der Waals surface area (Å²) in [5.74, 6) is -0.393. The summed E-state index contributed by atoms with van der Waals surface area (Å²) >= 11 is 1.63. The number of benzene rings is 3. The molecule has 0 saturated carbocycles. The van der Waals surface area contributed by atoms with Crippen LogP contribution >= 0.6 is 11.8 Å². The van der Waals surface area contributed by atoms with Crippen molar-refractivity contribution >= 4 is 28.1 Å². The lowest BCUT2D eigenvalue weighted by Gasteiger charge is -2.16. The molecular weight excluding hydrogens is 473 g/mol. The molecule has 0 radical (unpaired) electrons. The maximum absolute atomic E-state index is 12.8. The first-order valence-electron chi connectivity index (χ1n) is 9.80. The van der Waals surface area contributed by atoms with Crippen LogP contribution in [0.3, 0.4) is 0 Å². The van der Waals surface area contributed by atoms with Crippen LogP contribution in [0.25, 0.3) is 11.1 Å². The molecule has 2 N–H and O–H groups in total. The Hall–Kier alpha value is -2.66. The van der Waals surface area contributed by atoms with E-state index in [0.717, 1.165) is 34.2 Å². The predicted octanol–water partition coefficient (Wildman–Crippen LogP) is 5.02. The highest BCUT2D eigenvalue weighted by Gasteiger charge is 2.32. The van der Waals surface area contributed by atoms with Crippen molar-refractivity contribution in [1.82, 2.24) is 10.0 Å². The summed E-state index contributed by atoms with van der Waals surface area (Å²) in [6.07, 6.45) is -2.66. The van der Waals surface area contributed by atoms with E-state index in [9.17, 15) is 26.7 Å². The van der Waals surface area contributed by atoms with Crippen LogP contribution in [0.2, 0.25) is 0 Å². The van der Waals surface area contributed by atoms with Gasteiger partial charge < -0.3 is 9.87 Å². The highest BCUT2D eigenvalue weighted by Crippen LogP contribution is 2.31. The third-order valence-electron chi connectivity index (χ3n) is 4.72. The molecule has 3 aromatic carbocycles. The SMILES string of the molecule is CSc1ccc(-c2cccc(C(=O)NCCN[S+](=O)([O-])c3cccc(C(F)(F)F)c3)c2)cc1. The molecule has 3 rings (SSSR count). The first kappa shape index (κ1) is 25.0. The van der Waals surface area contributed by atoms with Gasteiger partial charge in [-0.1, -0.05) is 34.5 Å². The van der Waals surface area contributed by atoms with Gasteiger partial charge in [0.25, 0.3) is 5.91 Å². The van der Waals surface area contributed by atoms with Crippen LogP contribution < -0.4 is 10.0 Å². The van der Waals surface area contributed by atoms with Crippen LogP contribution in [0.15, 0.2) is 82.6 Å². The van der Waals surface area contributed by atoms with Crippen molar-refractivity contribution in [2.24, 2.45) is 0 Å². The second-order valence-corrected chi connectivity index (χ2v) is 9.64. The van der Waals surface area contributed by atoms with Crippen molar-refractivity contribution < 1.29 is 26.7 Å². The maximum Gasteiger partial charge on any atom is 0.416 e. The maximum atomic E-state index is 12.8. The molecule has 10 heteroatoms. The largest absolute Gasteiger partial charge is 0.593 e. The monoisotopic (exact) mass is 494 g/mol. The van der Waals surface area contributed by atoms with E-state index in [4.69, 9.17) is 0 Å². The smallest absolute Gasteiger partial charge is 0.416 e. The molecule has 0 bridgehead atoms. The zero-order valence-electron chi connectivity index (χ0n) is 17.5. The molecule has 1 amide bonds. The molecule has 5 nitrogen and oxygen atoms in total. The van der Waals surface area contributed by atoms with E-state index in [1.54, 1.807) is 30.0 Å². The molecule has 1 atom stereocenters. The Morgan fingerprint density at radius 2 is 1.67 bits per heavy atom. The standard InChI is InChI=1S/C23H21F3N2O3S2/c1-32-20-10-8-16(9-11-20)17-4-2-5-18(14-17)22(29)27-12-13-28-33(30,31)21-7-3-6-19(15-21)23(24,25)26/h2-11,14-15H,12-13H2,1H3,(H2-,27,28,29,30,31). The quantitative estimate of drug-likeness (QED) is 0.262. The highest BCUT2D eigenvalue weighted by atomic mass is 32.3. The molecule has 174 valence electrons. The van der Waals surface area contributed by atoms with E-state index in [1.165, 1.54) is 0 Å². The van der Waals surface area contributed by atoms with Crippen LogP contribution in [0.4, 0.5) is 13.2 Å². The number of hydrogen-bond acceptors (Lipinski definition) is 4. The number of halogens is 3. The molecule has 0 aliphatic carbocycles. The Morgan fingerprint density at radius 1 is 0.970 bits per heavy atom. The molecule has 1 unspecified atom stereocenters. The summed E-state index contributed by atoms with van der Waals surface area (Å²) in [6.45, 7) is -0.218. The summed E-state index contributed by atoms with van der Waals surface area (Å²) < 4.78 is 65.2. The lowest BCUT2D eigenvalue weighted by atomic mass is 10.0. The highest BCUT2D eigenvalue weighted by molar-refractivity contribution is 7.98. The number of sulfonamides is 1. The van der Waals surface area contributed by atoms with Crippen LogP contribution in [-0.4, -0.2) is 29.8 Å². The molecule has 3 aromatic rings. The van der Waals surface area contributed by atoms with E-state index < -0.39 is 32.9 Å². The molecule has 0 aromatic heterocycles. The minimum absolute atomic E-state index is 0.0380. The zero-order chi connectivity index (χ0) is 24.1. The van der Waals surface area contributed by atoms with Crippen molar-refractivity contribution in [2.75, 3.05) is 19.3 Å². The second-order valence-electron chi connectivity index (χ2n) is 6.99. The average molecular weight is 495 g/mol. The van der Waals surface area contributed by atoms with E-state index in [-0.39, 0.29) is 13.1 Å². The number of rotatable bonds is 8. The van der Waals surface area contributed by atoms with Crippen LogP contribution in [0.5, 0.6) is 0 Å². The number of carbonyl (C=O) groups excluding carboxylic acids is 1. The van der Waals surface area contributed by atoms with Gasteiger partial charge in [-0.05, 0) is 53.8 Å². The summed E-state index contributed by atoms with van der Waals surface area (Å²) in [4.78, 5) is 13.1. The topological polar surface area (TPSA) is 81.3 Å². The van der Waals surface area contributed by atoms with Gasteiger partial charge in [0.2, 0.25) is 0 Å². The zero-order valence-corrected chi connectivity index (χ0v) is 19.2. The van der Waals surface area contributed by atoms with Gasteiger partial charge in [0.15, 0.2) is 15.3 Å². The van der Waals surface area contributed by atoms with Gasteiger partial charge >= 0.3 is 6.18 Å². The third-order valence-corrected chi connectivity index (χ3v) is 6.92. The molecule has 0 heterocycles. The molecular formula is C23H21F3N2O3S2. The molecule has 0 spiro atoms. The molecule has 0 fully saturated rings. The number of amides is 1. The minimum atomic E-state index is -4.65. The molecule has 0 saturated heterocycles. The van der Waals surface area contributed by atoms with E-state index in [1.807, 2.05) is 36.6 Å². The molecule has 0 aliphatic heterocycles. The van der Waals surface area contributed by atoms with Gasteiger partial charge in [-0.2, -0.15) is 13.2 Å². The van der Waals surface area contributed by atoms with Gasteiger partial charge in [-0.15, -0.1) is 16.5 Å². The molecule has 33 heavy (non-hydrogen) atoms. The Labute approximate surface area is 195 Å². The van der Waals surface area contributed by atoms with Gasteiger partial charge in [0.1, 0.15) is 0 Å². The normalized spacial score (nSPS) is 13.4. The lowest BCUT2D eigenvalue weighted by molar-refractivity contribution is -0.137. The first-order chi connectivity index (χ1) is 15.6. The Kier molecular flexibility index (Phi) is 7.96. The number of thioether (sulfide) groups is 1. The van der Waals surface area contributed by atoms with Gasteiger partial charge in [-0.3, -0.25) is 4.79 Å². The van der Waals surface area contributed by atoms with Crippen molar-refractivity contribution in [3.8, 4) is 11.1 Å². The third kappa shape index (κ3) is 6.67. The van der Waals surface area contributed by atoms with E-state index in [2.05, 4.69) is 10.0 Å². The van der Waals surface area contributed by atoms with Crippen molar-refractivity contribution in [2.45, 2.75) is 16.0 Å². The van der Waals surface area contributed by atoms with Crippen LogP contribution in [0, 0.1) is 0 Å². The number of alkyl halides is 3.